The Morgan fingerprint density at radius 2 is 1.80 bits per heavy atom. The second-order valence-electron chi connectivity index (χ2n) is 7.53. The molecular formula is C23H28N2O4S. The van der Waals surface area contributed by atoms with E-state index in [1.54, 1.807) is 30.5 Å². The lowest BCUT2D eigenvalue weighted by atomic mass is 10.1. The molecule has 0 radical (unpaired) electrons. The molecule has 7 heteroatoms. The van der Waals surface area contributed by atoms with Gasteiger partial charge in [0.05, 0.1) is 4.90 Å². The molecule has 0 aliphatic rings. The van der Waals surface area contributed by atoms with Gasteiger partial charge in [0.25, 0.3) is 0 Å². The zero-order chi connectivity index (χ0) is 21.6. The zero-order valence-corrected chi connectivity index (χ0v) is 17.9. The van der Waals surface area contributed by atoms with Gasteiger partial charge in [-0.05, 0) is 42.2 Å². The predicted octanol–water partition coefficient (Wildman–Crippen LogP) is 4.26. The van der Waals surface area contributed by atoms with Crippen LogP contribution in [0.15, 0.2) is 59.6 Å². The lowest BCUT2D eigenvalue weighted by Gasteiger charge is -2.15. The van der Waals surface area contributed by atoms with Gasteiger partial charge in [-0.1, -0.05) is 56.5 Å². The van der Waals surface area contributed by atoms with Gasteiger partial charge in [0.15, 0.2) is 0 Å². The van der Waals surface area contributed by atoms with E-state index < -0.39 is 22.0 Å². The van der Waals surface area contributed by atoms with Crippen LogP contribution in [0.1, 0.15) is 43.7 Å². The number of hydrogen-bond donors (Lipinski definition) is 3. The monoisotopic (exact) mass is 428 g/mol. The highest BCUT2D eigenvalue weighted by Gasteiger charge is 2.26. The summed E-state index contributed by atoms with van der Waals surface area (Å²) in [4.78, 5) is 14.9. The number of hydrogen-bond acceptors (Lipinski definition) is 3. The second kappa shape index (κ2) is 9.91. The maximum atomic E-state index is 12.8. The van der Waals surface area contributed by atoms with Crippen molar-refractivity contribution in [3.05, 3.63) is 65.9 Å². The topological polar surface area (TPSA) is 99.3 Å². The van der Waals surface area contributed by atoms with Gasteiger partial charge in [-0.2, -0.15) is 4.72 Å². The number of sulfonamides is 1. The van der Waals surface area contributed by atoms with Crippen LogP contribution in [0.5, 0.6) is 0 Å². The Kier molecular flexibility index (Phi) is 7.29. The Morgan fingerprint density at radius 1 is 1.07 bits per heavy atom. The van der Waals surface area contributed by atoms with Crippen LogP contribution in [0.4, 0.5) is 0 Å². The van der Waals surface area contributed by atoms with Crippen molar-refractivity contribution in [3.63, 3.8) is 0 Å². The molecule has 6 nitrogen and oxygen atoms in total. The van der Waals surface area contributed by atoms with E-state index in [1.807, 2.05) is 24.3 Å². The van der Waals surface area contributed by atoms with E-state index in [2.05, 4.69) is 16.6 Å². The molecule has 0 spiro atoms. The van der Waals surface area contributed by atoms with E-state index in [-0.39, 0.29) is 11.3 Å². The number of carbonyl (C=O) groups is 1. The largest absolute Gasteiger partial charge is 0.480 e. The molecule has 1 atom stereocenters. The van der Waals surface area contributed by atoms with Crippen LogP contribution >= 0.6 is 0 Å². The number of fused-ring (bicyclic) bond motifs is 1. The summed E-state index contributed by atoms with van der Waals surface area (Å²) in [5.74, 6) is -1.21. The molecule has 160 valence electrons. The summed E-state index contributed by atoms with van der Waals surface area (Å²) in [6.07, 6.45) is 7.29. The van der Waals surface area contributed by atoms with Gasteiger partial charge < -0.3 is 10.1 Å². The fourth-order valence-corrected chi connectivity index (χ4v) is 4.74. The molecule has 0 saturated heterocycles. The molecule has 1 heterocycles. The number of H-pyrrole nitrogens is 1. The molecule has 2 aromatic carbocycles. The van der Waals surface area contributed by atoms with Crippen molar-refractivity contribution in [2.45, 2.75) is 56.4 Å². The van der Waals surface area contributed by atoms with Gasteiger partial charge in [-0.15, -0.1) is 0 Å². The first-order chi connectivity index (χ1) is 14.4. The van der Waals surface area contributed by atoms with Crippen LogP contribution < -0.4 is 4.72 Å². The highest BCUT2D eigenvalue weighted by atomic mass is 32.2. The molecule has 1 unspecified atom stereocenters. The van der Waals surface area contributed by atoms with Crippen LogP contribution in [0.2, 0.25) is 0 Å². The molecule has 3 aromatic rings. The van der Waals surface area contributed by atoms with Crippen molar-refractivity contribution < 1.29 is 18.3 Å². The number of nitrogens with one attached hydrogen (secondary N) is 2. The minimum absolute atomic E-state index is 0.0497. The van der Waals surface area contributed by atoms with Crippen molar-refractivity contribution in [1.29, 1.82) is 0 Å². The first-order valence-corrected chi connectivity index (χ1v) is 11.8. The molecule has 1 aromatic heterocycles. The Bertz CT molecular complexity index is 1090. The number of aliphatic carboxylic acids is 1. The van der Waals surface area contributed by atoms with Gasteiger partial charge >= 0.3 is 5.97 Å². The third kappa shape index (κ3) is 5.49. The van der Waals surface area contributed by atoms with E-state index in [0.717, 1.165) is 41.3 Å². The summed E-state index contributed by atoms with van der Waals surface area (Å²) < 4.78 is 27.9. The van der Waals surface area contributed by atoms with E-state index in [9.17, 15) is 18.3 Å². The third-order valence-corrected chi connectivity index (χ3v) is 6.73. The van der Waals surface area contributed by atoms with E-state index >= 15 is 0 Å². The number of aromatic nitrogens is 1. The minimum atomic E-state index is -3.95. The fraction of sp³-hybridized carbons (Fsp3) is 0.348. The SMILES string of the molecule is CCCCCCc1ccc(S(=O)(=O)NC(Cc2c[nH]c3ccccc23)C(=O)O)cc1. The number of rotatable bonds is 11. The van der Waals surface area contributed by atoms with Crippen LogP contribution in [0.25, 0.3) is 10.9 Å². The predicted molar refractivity (Wildman–Crippen MR) is 118 cm³/mol. The van der Waals surface area contributed by atoms with Gasteiger partial charge in [0.2, 0.25) is 10.0 Å². The summed E-state index contributed by atoms with van der Waals surface area (Å²) in [6.45, 7) is 2.16. The van der Waals surface area contributed by atoms with Crippen LogP contribution in [-0.4, -0.2) is 30.5 Å². The number of para-hydroxylation sites is 1. The molecule has 0 fully saturated rings. The number of carboxylic acid groups (broad SMARTS) is 1. The Labute approximate surface area is 177 Å². The van der Waals surface area contributed by atoms with Gasteiger partial charge in [-0.3, -0.25) is 4.79 Å². The van der Waals surface area contributed by atoms with Crippen LogP contribution in [0.3, 0.4) is 0 Å². The number of carboxylic acids is 1. The van der Waals surface area contributed by atoms with E-state index in [0.29, 0.717) is 0 Å². The van der Waals surface area contributed by atoms with Crippen molar-refractivity contribution in [2.75, 3.05) is 0 Å². The van der Waals surface area contributed by atoms with Crippen molar-refractivity contribution >= 4 is 26.9 Å². The first kappa shape index (κ1) is 22.1. The van der Waals surface area contributed by atoms with Crippen molar-refractivity contribution in [1.82, 2.24) is 9.71 Å². The van der Waals surface area contributed by atoms with E-state index in [1.165, 1.54) is 12.8 Å². The minimum Gasteiger partial charge on any atom is -0.480 e. The third-order valence-electron chi connectivity index (χ3n) is 5.25. The number of benzene rings is 2. The molecule has 0 aliphatic heterocycles. The fourth-order valence-electron chi connectivity index (χ4n) is 3.55. The maximum absolute atomic E-state index is 12.8. The summed E-state index contributed by atoms with van der Waals surface area (Å²) >= 11 is 0. The molecule has 0 aliphatic carbocycles. The van der Waals surface area contributed by atoms with Gasteiger partial charge in [-0.25, -0.2) is 8.42 Å². The Morgan fingerprint density at radius 3 is 2.50 bits per heavy atom. The number of aryl methyl sites for hydroxylation is 1. The van der Waals surface area contributed by atoms with Gasteiger partial charge in [0, 0.05) is 23.5 Å². The smallest absolute Gasteiger partial charge is 0.322 e. The summed E-state index contributed by atoms with van der Waals surface area (Å²) in [6, 6.07) is 13.0. The van der Waals surface area contributed by atoms with Crippen molar-refractivity contribution in [2.24, 2.45) is 0 Å². The number of unbranched alkanes of at least 4 members (excludes halogenated alkanes) is 3. The lowest BCUT2D eigenvalue weighted by molar-refractivity contribution is -0.138. The quantitative estimate of drug-likeness (QED) is 0.397. The molecule has 3 N–H and O–H groups in total. The van der Waals surface area contributed by atoms with Gasteiger partial charge in [0.1, 0.15) is 6.04 Å². The molecule has 0 bridgehead atoms. The van der Waals surface area contributed by atoms with Crippen LogP contribution in [0, 0.1) is 0 Å². The van der Waals surface area contributed by atoms with E-state index in [4.69, 9.17) is 0 Å². The van der Waals surface area contributed by atoms with Crippen molar-refractivity contribution in [3.8, 4) is 0 Å². The normalized spacial score (nSPS) is 12.8. The summed E-state index contributed by atoms with van der Waals surface area (Å²) in [5.41, 5.74) is 2.72. The molecule has 0 saturated carbocycles. The average molecular weight is 429 g/mol. The summed E-state index contributed by atoms with van der Waals surface area (Å²) in [5, 5.41) is 10.5. The highest BCUT2D eigenvalue weighted by Crippen LogP contribution is 2.20. The zero-order valence-electron chi connectivity index (χ0n) is 17.1. The Hall–Kier alpha value is -2.64. The van der Waals surface area contributed by atoms with Crippen LogP contribution in [-0.2, 0) is 27.7 Å². The molecular weight excluding hydrogens is 400 g/mol. The first-order valence-electron chi connectivity index (χ1n) is 10.3. The Balaban J connectivity index is 1.70. The molecule has 0 amide bonds. The lowest BCUT2D eigenvalue weighted by Crippen LogP contribution is -2.42. The summed E-state index contributed by atoms with van der Waals surface area (Å²) in [7, 11) is -3.95. The maximum Gasteiger partial charge on any atom is 0.322 e. The standard InChI is InChI=1S/C23H28N2O4S/c1-2-3-4-5-8-17-11-13-19(14-12-17)30(28,29)25-22(23(26)27)15-18-16-24-21-10-7-6-9-20(18)21/h6-7,9-14,16,22,24-25H,2-5,8,15H2,1H3,(H,26,27). The highest BCUT2D eigenvalue weighted by molar-refractivity contribution is 7.89. The second-order valence-corrected chi connectivity index (χ2v) is 9.24. The average Bonchev–Trinajstić information content (AvgIpc) is 3.14. The molecule has 3 rings (SSSR count). The molecule has 30 heavy (non-hydrogen) atoms. The number of aromatic amines is 1.